The molecular weight excluding hydrogens is 196 g/mol. The molecule has 0 saturated carbocycles. The molecule has 1 rings (SSSR count). The van der Waals surface area contributed by atoms with Crippen molar-refractivity contribution in [2.75, 3.05) is 0 Å². The molecule has 0 aliphatic heterocycles. The summed E-state index contributed by atoms with van der Waals surface area (Å²) in [6.45, 7) is 13.5. The van der Waals surface area contributed by atoms with Crippen LogP contribution in [0.5, 0.6) is 0 Å². The summed E-state index contributed by atoms with van der Waals surface area (Å²) in [6.07, 6.45) is 5.51. The smallest absolute Gasteiger partial charge is 0.111 e. The molecule has 1 aromatic heterocycles. The molecule has 0 aliphatic rings. The van der Waals surface area contributed by atoms with Crippen LogP contribution >= 0.6 is 0 Å². The first-order chi connectivity index (χ1) is 7.33. The third kappa shape index (κ3) is 2.66. The van der Waals surface area contributed by atoms with Crippen LogP contribution in [0.1, 0.15) is 72.3 Å². The second kappa shape index (κ2) is 4.60. The molecule has 0 aromatic carbocycles. The van der Waals surface area contributed by atoms with Crippen LogP contribution in [0, 0.1) is 0 Å². The SMILES string of the molecule is CCCC(C)(C)c1ncc(C(C)(C)CC)[nH]1. The summed E-state index contributed by atoms with van der Waals surface area (Å²) in [4.78, 5) is 8.08. The molecule has 16 heavy (non-hydrogen) atoms. The van der Waals surface area contributed by atoms with Crippen molar-refractivity contribution in [2.45, 2.75) is 71.6 Å². The van der Waals surface area contributed by atoms with Gasteiger partial charge >= 0.3 is 0 Å². The largest absolute Gasteiger partial charge is 0.345 e. The molecule has 2 nitrogen and oxygen atoms in total. The van der Waals surface area contributed by atoms with E-state index >= 15 is 0 Å². The van der Waals surface area contributed by atoms with Crippen LogP contribution in [0.25, 0.3) is 0 Å². The molecule has 2 heteroatoms. The Bertz CT molecular complexity index is 334. The van der Waals surface area contributed by atoms with Crippen LogP contribution < -0.4 is 0 Å². The topological polar surface area (TPSA) is 28.7 Å². The quantitative estimate of drug-likeness (QED) is 0.795. The van der Waals surface area contributed by atoms with Crippen molar-refractivity contribution >= 4 is 0 Å². The highest BCUT2D eigenvalue weighted by Gasteiger charge is 2.26. The van der Waals surface area contributed by atoms with Gasteiger partial charge in [-0.3, -0.25) is 0 Å². The summed E-state index contributed by atoms with van der Waals surface area (Å²) in [5, 5.41) is 0. The van der Waals surface area contributed by atoms with Gasteiger partial charge in [-0.05, 0) is 12.8 Å². The lowest BCUT2D eigenvalue weighted by Crippen LogP contribution is -2.20. The van der Waals surface area contributed by atoms with E-state index in [1.165, 1.54) is 18.5 Å². The molecule has 0 aliphatic carbocycles. The predicted molar refractivity (Wildman–Crippen MR) is 69.8 cm³/mol. The Balaban J connectivity index is 2.95. The third-order valence-electron chi connectivity index (χ3n) is 3.70. The zero-order valence-corrected chi connectivity index (χ0v) is 11.6. The van der Waals surface area contributed by atoms with E-state index in [9.17, 15) is 0 Å². The monoisotopic (exact) mass is 222 g/mol. The van der Waals surface area contributed by atoms with E-state index in [1.807, 2.05) is 6.20 Å². The fourth-order valence-corrected chi connectivity index (χ4v) is 1.94. The van der Waals surface area contributed by atoms with Crippen molar-refractivity contribution in [2.24, 2.45) is 0 Å². The fraction of sp³-hybridized carbons (Fsp3) is 0.786. The van der Waals surface area contributed by atoms with Gasteiger partial charge < -0.3 is 4.98 Å². The lowest BCUT2D eigenvalue weighted by atomic mass is 9.86. The standard InChI is InChI=1S/C14H26N2/c1-7-9-14(5,6)12-15-10-11(16-12)13(3,4)8-2/h10H,7-9H2,1-6H3,(H,15,16). The minimum atomic E-state index is 0.164. The third-order valence-corrected chi connectivity index (χ3v) is 3.70. The Hall–Kier alpha value is -0.790. The minimum absolute atomic E-state index is 0.164. The highest BCUT2D eigenvalue weighted by molar-refractivity contribution is 5.16. The molecule has 1 heterocycles. The molecule has 0 saturated heterocycles. The maximum absolute atomic E-state index is 4.57. The fourth-order valence-electron chi connectivity index (χ4n) is 1.94. The highest BCUT2D eigenvalue weighted by atomic mass is 14.9. The highest BCUT2D eigenvalue weighted by Crippen LogP contribution is 2.30. The average Bonchev–Trinajstić information content (AvgIpc) is 2.67. The first-order valence-electron chi connectivity index (χ1n) is 6.39. The maximum Gasteiger partial charge on any atom is 0.111 e. The molecule has 0 radical (unpaired) electrons. The maximum atomic E-state index is 4.57. The van der Waals surface area contributed by atoms with Crippen molar-refractivity contribution in [3.05, 3.63) is 17.7 Å². The number of imidazole rings is 1. The van der Waals surface area contributed by atoms with Gasteiger partial charge in [0.1, 0.15) is 5.82 Å². The molecule has 1 aromatic rings. The van der Waals surface area contributed by atoms with Gasteiger partial charge in [-0.2, -0.15) is 0 Å². The molecule has 0 atom stereocenters. The number of nitrogens with zero attached hydrogens (tertiary/aromatic N) is 1. The number of aromatic nitrogens is 2. The molecular formula is C14H26N2. The van der Waals surface area contributed by atoms with Crippen molar-refractivity contribution in [3.8, 4) is 0 Å². The zero-order chi connectivity index (χ0) is 12.4. The van der Waals surface area contributed by atoms with Gasteiger partial charge in [0.25, 0.3) is 0 Å². The van der Waals surface area contributed by atoms with Crippen molar-refractivity contribution in [1.82, 2.24) is 9.97 Å². The van der Waals surface area contributed by atoms with Gasteiger partial charge in [0.05, 0.1) is 0 Å². The van der Waals surface area contributed by atoms with Crippen LogP contribution in [0.15, 0.2) is 6.20 Å². The molecule has 0 amide bonds. The summed E-state index contributed by atoms with van der Waals surface area (Å²) >= 11 is 0. The van der Waals surface area contributed by atoms with Gasteiger partial charge in [-0.25, -0.2) is 4.98 Å². The van der Waals surface area contributed by atoms with Crippen LogP contribution in [0.3, 0.4) is 0 Å². The van der Waals surface area contributed by atoms with E-state index in [4.69, 9.17) is 0 Å². The molecule has 0 spiro atoms. The van der Waals surface area contributed by atoms with E-state index in [2.05, 4.69) is 51.5 Å². The van der Waals surface area contributed by atoms with E-state index in [0.29, 0.717) is 0 Å². The Kier molecular flexibility index (Phi) is 3.82. The summed E-state index contributed by atoms with van der Waals surface area (Å²) in [5.74, 6) is 1.13. The molecule has 0 unspecified atom stereocenters. The van der Waals surface area contributed by atoms with E-state index in [-0.39, 0.29) is 10.8 Å². The Labute approximate surface area is 99.9 Å². The summed E-state index contributed by atoms with van der Waals surface area (Å²) in [6, 6.07) is 0. The van der Waals surface area contributed by atoms with Crippen molar-refractivity contribution in [1.29, 1.82) is 0 Å². The van der Waals surface area contributed by atoms with Gasteiger partial charge in [-0.15, -0.1) is 0 Å². The Morgan fingerprint density at radius 2 is 1.75 bits per heavy atom. The zero-order valence-electron chi connectivity index (χ0n) is 11.6. The molecule has 0 bridgehead atoms. The first kappa shape index (κ1) is 13.3. The van der Waals surface area contributed by atoms with E-state index in [1.54, 1.807) is 0 Å². The van der Waals surface area contributed by atoms with Crippen LogP contribution in [0.2, 0.25) is 0 Å². The Morgan fingerprint density at radius 3 is 2.25 bits per heavy atom. The van der Waals surface area contributed by atoms with Gasteiger partial charge in [0, 0.05) is 22.7 Å². The minimum Gasteiger partial charge on any atom is -0.345 e. The predicted octanol–water partition coefficient (Wildman–Crippen LogP) is 4.18. The number of nitrogens with one attached hydrogen (secondary N) is 1. The van der Waals surface area contributed by atoms with E-state index in [0.717, 1.165) is 12.2 Å². The number of aromatic amines is 1. The average molecular weight is 222 g/mol. The Morgan fingerprint density at radius 1 is 1.12 bits per heavy atom. The number of hydrogen-bond acceptors (Lipinski definition) is 1. The van der Waals surface area contributed by atoms with Crippen LogP contribution in [-0.2, 0) is 10.8 Å². The van der Waals surface area contributed by atoms with E-state index < -0.39 is 0 Å². The lowest BCUT2D eigenvalue weighted by Gasteiger charge is -2.23. The molecule has 1 N–H and O–H groups in total. The van der Waals surface area contributed by atoms with Gasteiger partial charge in [0.15, 0.2) is 0 Å². The number of rotatable bonds is 5. The second-order valence-corrected chi connectivity index (χ2v) is 6.02. The summed E-state index contributed by atoms with van der Waals surface area (Å²) in [5.41, 5.74) is 1.62. The van der Waals surface area contributed by atoms with Crippen LogP contribution in [0.4, 0.5) is 0 Å². The lowest BCUT2D eigenvalue weighted by molar-refractivity contribution is 0.441. The van der Waals surface area contributed by atoms with Gasteiger partial charge in [0.2, 0.25) is 0 Å². The van der Waals surface area contributed by atoms with Gasteiger partial charge in [-0.1, -0.05) is 48.0 Å². The second-order valence-electron chi connectivity index (χ2n) is 6.02. The van der Waals surface area contributed by atoms with Crippen molar-refractivity contribution < 1.29 is 0 Å². The van der Waals surface area contributed by atoms with Crippen LogP contribution in [-0.4, -0.2) is 9.97 Å². The normalized spacial score (nSPS) is 13.1. The molecule has 92 valence electrons. The molecule has 0 fully saturated rings. The van der Waals surface area contributed by atoms with Crippen molar-refractivity contribution in [3.63, 3.8) is 0 Å². The first-order valence-corrected chi connectivity index (χ1v) is 6.39. The summed E-state index contributed by atoms with van der Waals surface area (Å²) < 4.78 is 0. The number of hydrogen-bond donors (Lipinski definition) is 1. The number of H-pyrrole nitrogens is 1. The summed E-state index contributed by atoms with van der Waals surface area (Å²) in [7, 11) is 0.